The second-order valence-corrected chi connectivity index (χ2v) is 7.07. The van der Waals surface area contributed by atoms with E-state index in [0.29, 0.717) is 25.3 Å². The molecule has 144 valence electrons. The second-order valence-electron chi connectivity index (χ2n) is 7.07. The third-order valence-electron chi connectivity index (χ3n) is 4.85. The molecule has 27 heavy (non-hydrogen) atoms. The Labute approximate surface area is 161 Å². The van der Waals surface area contributed by atoms with Crippen molar-refractivity contribution < 1.29 is 14.6 Å². The van der Waals surface area contributed by atoms with Gasteiger partial charge in [-0.1, -0.05) is 48.5 Å². The lowest BCUT2D eigenvalue weighted by molar-refractivity contribution is 0.00570. The first-order valence-electron chi connectivity index (χ1n) is 9.58. The highest BCUT2D eigenvalue weighted by molar-refractivity contribution is 5.94. The number of ether oxygens (including phenoxy) is 1. The number of benzene rings is 2. The Morgan fingerprint density at radius 2 is 1.70 bits per heavy atom. The average Bonchev–Trinajstić information content (AvgIpc) is 2.71. The minimum absolute atomic E-state index is 0.0107. The smallest absolute Gasteiger partial charge is 0.251 e. The third-order valence-corrected chi connectivity index (χ3v) is 4.85. The van der Waals surface area contributed by atoms with Crippen LogP contribution in [0.2, 0.25) is 0 Å². The highest BCUT2D eigenvalue weighted by atomic mass is 16.5. The first-order chi connectivity index (χ1) is 13.2. The van der Waals surface area contributed by atoms with Crippen molar-refractivity contribution in [2.24, 2.45) is 0 Å². The van der Waals surface area contributed by atoms with Crippen LogP contribution in [-0.2, 0) is 11.3 Å². The standard InChI is InChI=1S/C22H28N2O3/c25-21(17-27-16-18-7-3-1-4-8-18)15-24-13-11-20(12-14-24)23-22(26)19-9-5-2-6-10-19/h1-10,20-21,25H,11-17H2,(H,23,26). The Balaban J connectivity index is 1.32. The molecular weight excluding hydrogens is 340 g/mol. The van der Waals surface area contributed by atoms with Crippen molar-refractivity contribution in [1.29, 1.82) is 0 Å². The average molecular weight is 368 g/mol. The topological polar surface area (TPSA) is 61.8 Å². The largest absolute Gasteiger partial charge is 0.389 e. The summed E-state index contributed by atoms with van der Waals surface area (Å²) in [6.45, 7) is 3.20. The zero-order chi connectivity index (χ0) is 18.9. The quantitative estimate of drug-likeness (QED) is 0.751. The Hall–Kier alpha value is -2.21. The fourth-order valence-corrected chi connectivity index (χ4v) is 3.36. The number of carbonyl (C=O) groups is 1. The molecule has 1 amide bonds. The molecule has 1 saturated heterocycles. The first-order valence-corrected chi connectivity index (χ1v) is 9.58. The van der Waals surface area contributed by atoms with Crippen LogP contribution >= 0.6 is 0 Å². The minimum atomic E-state index is -0.496. The van der Waals surface area contributed by atoms with Crippen molar-refractivity contribution in [3.8, 4) is 0 Å². The number of carbonyl (C=O) groups excluding carboxylic acids is 1. The summed E-state index contributed by atoms with van der Waals surface area (Å²) in [6, 6.07) is 19.5. The number of β-amino-alcohol motifs (C(OH)–C–C–N with tert-alkyl or cyclic N) is 1. The predicted molar refractivity (Wildman–Crippen MR) is 105 cm³/mol. The van der Waals surface area contributed by atoms with Crippen LogP contribution in [0.3, 0.4) is 0 Å². The molecular formula is C22H28N2O3. The Bertz CT molecular complexity index is 685. The van der Waals surface area contributed by atoms with E-state index in [0.717, 1.165) is 31.5 Å². The molecule has 5 nitrogen and oxygen atoms in total. The van der Waals surface area contributed by atoms with Crippen LogP contribution in [0.25, 0.3) is 0 Å². The first kappa shape index (κ1) is 19.5. The maximum Gasteiger partial charge on any atom is 0.251 e. The predicted octanol–water partition coefficient (Wildman–Crippen LogP) is 2.46. The molecule has 0 aromatic heterocycles. The molecule has 1 fully saturated rings. The Morgan fingerprint density at radius 1 is 1.07 bits per heavy atom. The van der Waals surface area contributed by atoms with Crippen molar-refractivity contribution in [3.63, 3.8) is 0 Å². The van der Waals surface area contributed by atoms with Gasteiger partial charge in [-0.05, 0) is 30.5 Å². The molecule has 1 aliphatic heterocycles. The van der Waals surface area contributed by atoms with Gasteiger partial charge in [0.1, 0.15) is 0 Å². The van der Waals surface area contributed by atoms with Gasteiger partial charge in [-0.25, -0.2) is 0 Å². The van der Waals surface area contributed by atoms with Crippen LogP contribution in [0.15, 0.2) is 60.7 Å². The number of rotatable bonds is 8. The van der Waals surface area contributed by atoms with E-state index in [-0.39, 0.29) is 11.9 Å². The fraction of sp³-hybridized carbons (Fsp3) is 0.409. The summed E-state index contributed by atoms with van der Waals surface area (Å²) in [7, 11) is 0. The molecule has 5 heteroatoms. The van der Waals surface area contributed by atoms with Crippen LogP contribution < -0.4 is 5.32 Å². The number of hydrogen-bond donors (Lipinski definition) is 2. The lowest BCUT2D eigenvalue weighted by Gasteiger charge is -2.33. The summed E-state index contributed by atoms with van der Waals surface area (Å²) in [4.78, 5) is 14.5. The Morgan fingerprint density at radius 3 is 2.37 bits per heavy atom. The molecule has 1 heterocycles. The van der Waals surface area contributed by atoms with Gasteiger partial charge in [-0.2, -0.15) is 0 Å². The molecule has 0 saturated carbocycles. The molecule has 3 rings (SSSR count). The van der Waals surface area contributed by atoms with Crippen molar-refractivity contribution in [3.05, 3.63) is 71.8 Å². The maximum atomic E-state index is 12.2. The van der Waals surface area contributed by atoms with Crippen LogP contribution in [0.5, 0.6) is 0 Å². The van der Waals surface area contributed by atoms with E-state index >= 15 is 0 Å². The van der Waals surface area contributed by atoms with Crippen LogP contribution in [-0.4, -0.2) is 54.3 Å². The van der Waals surface area contributed by atoms with Gasteiger partial charge in [-0.15, -0.1) is 0 Å². The molecule has 1 atom stereocenters. The van der Waals surface area contributed by atoms with Crippen molar-refractivity contribution in [1.82, 2.24) is 10.2 Å². The van der Waals surface area contributed by atoms with E-state index < -0.39 is 6.10 Å². The van der Waals surface area contributed by atoms with Gasteiger partial charge in [-0.3, -0.25) is 4.79 Å². The van der Waals surface area contributed by atoms with Crippen LogP contribution in [0.4, 0.5) is 0 Å². The van der Waals surface area contributed by atoms with E-state index in [4.69, 9.17) is 4.74 Å². The maximum absolute atomic E-state index is 12.2. The summed E-state index contributed by atoms with van der Waals surface area (Å²) < 4.78 is 5.61. The molecule has 0 aliphatic carbocycles. The molecule has 2 aromatic carbocycles. The van der Waals surface area contributed by atoms with Gasteiger partial charge in [0, 0.05) is 31.2 Å². The second kappa shape index (κ2) is 10.2. The van der Waals surface area contributed by atoms with E-state index in [1.165, 1.54) is 0 Å². The summed E-state index contributed by atoms with van der Waals surface area (Å²) in [6.07, 6.45) is 1.30. The minimum Gasteiger partial charge on any atom is -0.389 e. The van der Waals surface area contributed by atoms with Crippen molar-refractivity contribution >= 4 is 5.91 Å². The number of aliphatic hydroxyl groups excluding tert-OH is 1. The zero-order valence-electron chi connectivity index (χ0n) is 15.6. The van der Waals surface area contributed by atoms with Gasteiger partial charge in [0.15, 0.2) is 0 Å². The monoisotopic (exact) mass is 368 g/mol. The van der Waals surface area contributed by atoms with Crippen LogP contribution in [0.1, 0.15) is 28.8 Å². The summed E-state index contributed by atoms with van der Waals surface area (Å²) in [5, 5.41) is 13.3. The van der Waals surface area contributed by atoms with Crippen molar-refractivity contribution in [2.75, 3.05) is 26.2 Å². The zero-order valence-corrected chi connectivity index (χ0v) is 15.6. The lowest BCUT2D eigenvalue weighted by Crippen LogP contribution is -2.47. The Kier molecular flexibility index (Phi) is 7.39. The summed E-state index contributed by atoms with van der Waals surface area (Å²) in [5.41, 5.74) is 1.81. The molecule has 1 aliphatic rings. The van der Waals surface area contributed by atoms with Gasteiger partial charge < -0.3 is 20.1 Å². The lowest BCUT2D eigenvalue weighted by atomic mass is 10.0. The molecule has 1 unspecified atom stereocenters. The molecule has 0 spiro atoms. The number of piperidine rings is 1. The molecule has 2 aromatic rings. The van der Waals surface area contributed by atoms with E-state index in [1.807, 2.05) is 60.7 Å². The van der Waals surface area contributed by atoms with E-state index in [9.17, 15) is 9.90 Å². The normalized spacial score (nSPS) is 16.8. The molecule has 0 bridgehead atoms. The van der Waals surface area contributed by atoms with Gasteiger partial charge in [0.25, 0.3) is 5.91 Å². The molecule has 0 radical (unpaired) electrons. The number of hydrogen-bond acceptors (Lipinski definition) is 4. The van der Waals surface area contributed by atoms with Gasteiger partial charge in [0.2, 0.25) is 0 Å². The fourth-order valence-electron chi connectivity index (χ4n) is 3.36. The van der Waals surface area contributed by atoms with Gasteiger partial charge in [0.05, 0.1) is 19.3 Å². The SMILES string of the molecule is O=C(NC1CCN(CC(O)COCc2ccccc2)CC1)c1ccccc1. The van der Waals surface area contributed by atoms with E-state index in [1.54, 1.807) is 0 Å². The number of amides is 1. The summed E-state index contributed by atoms with van der Waals surface area (Å²) >= 11 is 0. The highest BCUT2D eigenvalue weighted by Gasteiger charge is 2.22. The van der Waals surface area contributed by atoms with E-state index in [2.05, 4.69) is 10.2 Å². The molecule has 2 N–H and O–H groups in total. The number of aliphatic hydroxyl groups is 1. The van der Waals surface area contributed by atoms with Crippen molar-refractivity contribution in [2.45, 2.75) is 31.6 Å². The number of nitrogens with zero attached hydrogens (tertiary/aromatic N) is 1. The van der Waals surface area contributed by atoms with Crippen LogP contribution in [0, 0.1) is 0 Å². The summed E-state index contributed by atoms with van der Waals surface area (Å²) in [5.74, 6) is -0.0107. The van der Waals surface area contributed by atoms with Gasteiger partial charge >= 0.3 is 0 Å². The highest BCUT2D eigenvalue weighted by Crippen LogP contribution is 2.12. The number of nitrogens with one attached hydrogen (secondary N) is 1. The third kappa shape index (κ3) is 6.47. The number of likely N-dealkylation sites (tertiary alicyclic amines) is 1.